The van der Waals surface area contributed by atoms with Gasteiger partial charge >= 0.3 is 17.9 Å². The van der Waals surface area contributed by atoms with Crippen molar-refractivity contribution in [1.29, 1.82) is 0 Å². The number of aromatic nitrogens is 3. The number of rotatable bonds is 6. The van der Waals surface area contributed by atoms with E-state index in [4.69, 9.17) is 15.3 Å². The second kappa shape index (κ2) is 9.25. The van der Waals surface area contributed by atoms with Crippen LogP contribution in [0, 0.1) is 0 Å². The summed E-state index contributed by atoms with van der Waals surface area (Å²) in [5.74, 6) is -2.61. The van der Waals surface area contributed by atoms with Crippen LogP contribution in [0.2, 0.25) is 0 Å². The Bertz CT molecular complexity index is 1310. The van der Waals surface area contributed by atoms with Gasteiger partial charge in [0.05, 0.1) is 16.7 Å². The molecule has 0 saturated carbocycles. The van der Waals surface area contributed by atoms with Gasteiger partial charge in [-0.05, 0) is 36.4 Å². The molecular weight excluding hydrogens is 440 g/mol. The number of aliphatic carboxylic acids is 1. The summed E-state index contributed by atoms with van der Waals surface area (Å²) in [7, 11) is 0. The van der Waals surface area contributed by atoms with Crippen molar-refractivity contribution in [2.45, 2.75) is 6.42 Å². The number of hydrogen-bond donors (Lipinski definition) is 3. The number of hydrogen-bond acceptors (Lipinski definition) is 7. The lowest BCUT2D eigenvalue weighted by molar-refractivity contribution is -0.132. The summed E-state index contributed by atoms with van der Waals surface area (Å²) in [6, 6.07) is 12.0. The van der Waals surface area contributed by atoms with Gasteiger partial charge in [0.25, 0.3) is 5.95 Å². The van der Waals surface area contributed by atoms with Crippen LogP contribution in [0.1, 0.15) is 27.1 Å². The van der Waals surface area contributed by atoms with E-state index >= 15 is 0 Å². The fourth-order valence-corrected chi connectivity index (χ4v) is 3.10. The highest BCUT2D eigenvalue weighted by atomic mass is 16.4. The third-order valence-electron chi connectivity index (χ3n) is 4.88. The second-order valence-corrected chi connectivity index (χ2v) is 7.15. The van der Waals surface area contributed by atoms with Crippen molar-refractivity contribution in [3.8, 4) is 22.8 Å². The standard InChI is InChI=1S/C24H16N4O6/c29-21(30)15-5-1-13(2-6-15)19-26-20(14-3-7-16(8-4-14)22(31)32)28-24(27-19)25-18-11-9-17(10-12-18)23(33)34/h1-11H,12H2,(H,29,30)(H,31,32)(H,33,34). The SMILES string of the molecule is O=C(O)C1=CCC(=Nc2nc(-c3ccc(C(=O)O)cc3)nc(-c3ccc(C(=O)O)cc3)n2)C=C1. The molecule has 1 aliphatic rings. The van der Waals surface area contributed by atoms with Crippen molar-refractivity contribution in [3.05, 3.63) is 83.5 Å². The minimum absolute atomic E-state index is 0.0662. The summed E-state index contributed by atoms with van der Waals surface area (Å²) in [5.41, 5.74) is 1.98. The molecule has 0 fully saturated rings. The van der Waals surface area contributed by atoms with Gasteiger partial charge < -0.3 is 15.3 Å². The van der Waals surface area contributed by atoms with E-state index in [0.29, 0.717) is 16.8 Å². The lowest BCUT2D eigenvalue weighted by Crippen LogP contribution is -2.05. The number of nitrogens with zero attached hydrogens (tertiary/aromatic N) is 4. The molecule has 0 atom stereocenters. The molecule has 0 aliphatic heterocycles. The van der Waals surface area contributed by atoms with Crippen LogP contribution in [0.4, 0.5) is 5.95 Å². The highest BCUT2D eigenvalue weighted by molar-refractivity contribution is 6.03. The number of aliphatic imine (C=N–C) groups is 1. The van der Waals surface area contributed by atoms with E-state index in [1.54, 1.807) is 30.3 Å². The highest BCUT2D eigenvalue weighted by Crippen LogP contribution is 2.24. The van der Waals surface area contributed by atoms with Crippen molar-refractivity contribution in [1.82, 2.24) is 15.0 Å². The average Bonchev–Trinajstić information content (AvgIpc) is 2.84. The van der Waals surface area contributed by atoms with Gasteiger partial charge in [0.1, 0.15) is 0 Å². The van der Waals surface area contributed by atoms with Crippen molar-refractivity contribution in [3.63, 3.8) is 0 Å². The normalized spacial score (nSPS) is 14.0. The second-order valence-electron chi connectivity index (χ2n) is 7.15. The Morgan fingerprint density at radius 2 is 1.18 bits per heavy atom. The smallest absolute Gasteiger partial charge is 0.335 e. The molecule has 10 nitrogen and oxygen atoms in total. The number of benzene rings is 2. The number of carboxylic acids is 3. The topological polar surface area (TPSA) is 163 Å². The largest absolute Gasteiger partial charge is 0.478 e. The molecule has 0 saturated heterocycles. The molecule has 3 N–H and O–H groups in total. The molecule has 2 aromatic carbocycles. The highest BCUT2D eigenvalue weighted by Gasteiger charge is 2.14. The van der Waals surface area contributed by atoms with Crippen LogP contribution >= 0.6 is 0 Å². The molecule has 34 heavy (non-hydrogen) atoms. The van der Waals surface area contributed by atoms with Crippen molar-refractivity contribution >= 4 is 29.6 Å². The molecule has 3 aromatic rings. The van der Waals surface area contributed by atoms with E-state index in [2.05, 4.69) is 19.9 Å². The van der Waals surface area contributed by atoms with Crippen LogP contribution < -0.4 is 0 Å². The monoisotopic (exact) mass is 456 g/mol. The summed E-state index contributed by atoms with van der Waals surface area (Å²) < 4.78 is 0. The summed E-state index contributed by atoms with van der Waals surface area (Å²) in [4.78, 5) is 51.0. The van der Waals surface area contributed by atoms with E-state index in [0.717, 1.165) is 0 Å². The number of carboxylic acid groups (broad SMARTS) is 3. The maximum Gasteiger partial charge on any atom is 0.335 e. The lowest BCUT2D eigenvalue weighted by atomic mass is 10.1. The third-order valence-corrected chi connectivity index (χ3v) is 4.88. The number of aromatic carboxylic acids is 2. The van der Waals surface area contributed by atoms with Crippen molar-refractivity contribution in [2.24, 2.45) is 4.99 Å². The fraction of sp³-hybridized carbons (Fsp3) is 0.0417. The molecule has 168 valence electrons. The van der Waals surface area contributed by atoms with Gasteiger partial charge in [0.15, 0.2) is 11.6 Å². The van der Waals surface area contributed by atoms with Gasteiger partial charge in [-0.1, -0.05) is 30.3 Å². The maximum absolute atomic E-state index is 11.2. The Morgan fingerprint density at radius 1 is 0.676 bits per heavy atom. The molecule has 0 spiro atoms. The minimum Gasteiger partial charge on any atom is -0.478 e. The average molecular weight is 456 g/mol. The quantitative estimate of drug-likeness (QED) is 0.502. The first-order valence-corrected chi connectivity index (χ1v) is 9.93. The first kappa shape index (κ1) is 22.2. The third kappa shape index (κ3) is 4.91. The zero-order valence-corrected chi connectivity index (χ0v) is 17.4. The molecule has 4 rings (SSSR count). The number of allylic oxidation sites excluding steroid dienone is 2. The van der Waals surface area contributed by atoms with Crippen LogP contribution in [0.15, 0.2) is 77.3 Å². The van der Waals surface area contributed by atoms with Crippen LogP contribution in [0.5, 0.6) is 0 Å². The summed E-state index contributed by atoms with van der Waals surface area (Å²) in [6.07, 6.45) is 4.80. The van der Waals surface area contributed by atoms with E-state index in [9.17, 15) is 14.4 Å². The first-order chi connectivity index (χ1) is 16.3. The summed E-state index contributed by atoms with van der Waals surface area (Å²) >= 11 is 0. The van der Waals surface area contributed by atoms with Crippen molar-refractivity contribution in [2.75, 3.05) is 0 Å². The fourth-order valence-electron chi connectivity index (χ4n) is 3.10. The van der Waals surface area contributed by atoms with Gasteiger partial charge in [0, 0.05) is 23.3 Å². The predicted octanol–water partition coefficient (Wildman–Crippen LogP) is 3.65. The van der Waals surface area contributed by atoms with Gasteiger partial charge in [0.2, 0.25) is 0 Å². The van der Waals surface area contributed by atoms with E-state index in [-0.39, 0.29) is 40.7 Å². The van der Waals surface area contributed by atoms with Crippen LogP contribution in [-0.4, -0.2) is 53.9 Å². The zero-order chi connectivity index (χ0) is 24.2. The van der Waals surface area contributed by atoms with Gasteiger partial charge in [-0.2, -0.15) is 9.97 Å². The molecule has 0 radical (unpaired) electrons. The Labute approximate surface area is 192 Å². The van der Waals surface area contributed by atoms with Crippen molar-refractivity contribution < 1.29 is 29.7 Å². The molecule has 1 heterocycles. The van der Waals surface area contributed by atoms with Gasteiger partial charge in [-0.25, -0.2) is 24.4 Å². The molecule has 1 aromatic heterocycles. The molecule has 0 amide bonds. The van der Waals surface area contributed by atoms with E-state index in [1.807, 2.05) is 0 Å². The van der Waals surface area contributed by atoms with Crippen LogP contribution in [0.3, 0.4) is 0 Å². The predicted molar refractivity (Wildman–Crippen MR) is 121 cm³/mol. The lowest BCUT2D eigenvalue weighted by Gasteiger charge is -2.08. The Balaban J connectivity index is 1.77. The Morgan fingerprint density at radius 3 is 1.56 bits per heavy atom. The Kier molecular flexibility index (Phi) is 6.04. The molecular formula is C24H16N4O6. The van der Waals surface area contributed by atoms with Gasteiger partial charge in [-0.15, -0.1) is 0 Å². The van der Waals surface area contributed by atoms with Crippen LogP contribution in [-0.2, 0) is 4.79 Å². The molecule has 0 unspecified atom stereocenters. The number of carbonyl (C=O) groups is 3. The van der Waals surface area contributed by atoms with Crippen LogP contribution in [0.25, 0.3) is 22.8 Å². The Hall–Kier alpha value is -4.99. The zero-order valence-electron chi connectivity index (χ0n) is 17.4. The van der Waals surface area contributed by atoms with E-state index in [1.165, 1.54) is 36.4 Å². The summed E-state index contributed by atoms with van der Waals surface area (Å²) in [5, 5.41) is 27.3. The molecule has 1 aliphatic carbocycles. The molecule has 10 heteroatoms. The minimum atomic E-state index is -1.06. The maximum atomic E-state index is 11.2. The molecule has 0 bridgehead atoms. The van der Waals surface area contributed by atoms with E-state index < -0.39 is 17.9 Å². The first-order valence-electron chi connectivity index (χ1n) is 9.93. The summed E-state index contributed by atoms with van der Waals surface area (Å²) in [6.45, 7) is 0. The van der Waals surface area contributed by atoms with Gasteiger partial charge in [-0.3, -0.25) is 0 Å².